The fourth-order valence-electron chi connectivity index (χ4n) is 3.03. The van der Waals surface area contributed by atoms with E-state index in [4.69, 9.17) is 0 Å². The molecule has 0 atom stereocenters. The number of carboxylic acid groups (broad SMARTS) is 1. The van der Waals surface area contributed by atoms with Crippen molar-refractivity contribution in [1.82, 2.24) is 4.57 Å². The van der Waals surface area contributed by atoms with Gasteiger partial charge in [-0.05, 0) is 37.0 Å². The molecule has 23 heavy (non-hydrogen) atoms. The van der Waals surface area contributed by atoms with Crippen molar-refractivity contribution < 1.29 is 19.8 Å². The molecule has 0 amide bonds. The summed E-state index contributed by atoms with van der Waals surface area (Å²) in [5, 5.41) is 19.6. The molecule has 5 nitrogen and oxygen atoms in total. The Morgan fingerprint density at radius 3 is 2.26 bits per heavy atom. The van der Waals surface area contributed by atoms with Crippen LogP contribution < -0.4 is 0 Å². The van der Waals surface area contributed by atoms with Gasteiger partial charge in [0.05, 0.1) is 17.7 Å². The third kappa shape index (κ3) is 2.88. The molecule has 0 spiro atoms. The minimum atomic E-state index is -1.03. The molecule has 1 aromatic heterocycles. The first-order valence-corrected chi connectivity index (χ1v) is 7.62. The highest BCUT2D eigenvalue weighted by atomic mass is 16.4. The highest BCUT2D eigenvalue weighted by Gasteiger charge is 2.25. The maximum atomic E-state index is 12.1. The van der Waals surface area contributed by atoms with Crippen molar-refractivity contribution in [3.05, 3.63) is 34.5 Å². The topological polar surface area (TPSA) is 79.5 Å². The molecule has 0 unspecified atom stereocenters. The van der Waals surface area contributed by atoms with Crippen molar-refractivity contribution >= 4 is 22.7 Å². The van der Waals surface area contributed by atoms with Gasteiger partial charge >= 0.3 is 5.97 Å². The Morgan fingerprint density at radius 2 is 1.83 bits per heavy atom. The standard InChI is InChI=1S/C18H23NO4/c1-10-15(11(2)21)13-8-12(18(3,4)5)9-14(17(22)23)16(13)19(10)6-7-20/h8-9,20H,6-7H2,1-5H3,(H,22,23). The number of Topliss-reactive ketones (excluding diaryl/α,β-unsaturated/α-hetero) is 1. The van der Waals surface area contributed by atoms with Crippen LogP contribution in [0.1, 0.15) is 59.7 Å². The van der Waals surface area contributed by atoms with Gasteiger partial charge < -0.3 is 14.8 Å². The van der Waals surface area contributed by atoms with Crippen molar-refractivity contribution in [3.8, 4) is 0 Å². The smallest absolute Gasteiger partial charge is 0.337 e. The van der Waals surface area contributed by atoms with Crippen LogP contribution >= 0.6 is 0 Å². The summed E-state index contributed by atoms with van der Waals surface area (Å²) in [6.07, 6.45) is 0. The van der Waals surface area contributed by atoms with Crippen molar-refractivity contribution in [2.75, 3.05) is 6.61 Å². The van der Waals surface area contributed by atoms with Crippen molar-refractivity contribution in [3.63, 3.8) is 0 Å². The molecule has 0 saturated carbocycles. The summed E-state index contributed by atoms with van der Waals surface area (Å²) in [4.78, 5) is 23.9. The molecule has 1 heterocycles. The van der Waals surface area contributed by atoms with E-state index in [9.17, 15) is 19.8 Å². The molecule has 0 fully saturated rings. The van der Waals surface area contributed by atoms with Gasteiger partial charge in [-0.25, -0.2) is 4.79 Å². The Kier molecular flexibility index (Phi) is 4.35. The number of carbonyl (C=O) groups excluding carboxylic acids is 1. The molecule has 0 aliphatic carbocycles. The number of aliphatic hydroxyl groups is 1. The lowest BCUT2D eigenvalue weighted by molar-refractivity contribution is 0.0698. The second-order valence-corrected chi connectivity index (χ2v) is 6.87. The van der Waals surface area contributed by atoms with Crippen molar-refractivity contribution in [2.24, 2.45) is 0 Å². The van der Waals surface area contributed by atoms with Crippen molar-refractivity contribution in [2.45, 2.75) is 46.6 Å². The zero-order valence-electron chi connectivity index (χ0n) is 14.2. The maximum Gasteiger partial charge on any atom is 0.337 e. The second-order valence-electron chi connectivity index (χ2n) is 6.87. The number of carboxylic acids is 1. The van der Waals surface area contributed by atoms with Crippen molar-refractivity contribution in [1.29, 1.82) is 0 Å². The molecule has 0 saturated heterocycles. The number of carbonyl (C=O) groups is 2. The van der Waals surface area contributed by atoms with E-state index in [1.807, 2.05) is 26.8 Å². The predicted molar refractivity (Wildman–Crippen MR) is 89.4 cm³/mol. The number of aromatic nitrogens is 1. The first-order chi connectivity index (χ1) is 10.6. The van der Waals surface area contributed by atoms with E-state index in [-0.39, 0.29) is 29.9 Å². The summed E-state index contributed by atoms with van der Waals surface area (Å²) in [6.45, 7) is 9.41. The maximum absolute atomic E-state index is 12.1. The van der Waals surface area contributed by atoms with Gasteiger partial charge in [-0.2, -0.15) is 0 Å². The lowest BCUT2D eigenvalue weighted by Gasteiger charge is -2.20. The Labute approximate surface area is 135 Å². The Balaban J connectivity index is 3.03. The minimum absolute atomic E-state index is 0.105. The van der Waals surface area contributed by atoms with E-state index in [0.29, 0.717) is 22.2 Å². The second kappa shape index (κ2) is 5.81. The van der Waals surface area contributed by atoms with Crippen LogP contribution in [0.5, 0.6) is 0 Å². The zero-order chi connectivity index (χ0) is 17.5. The Morgan fingerprint density at radius 1 is 1.22 bits per heavy atom. The summed E-state index contributed by atoms with van der Waals surface area (Å²) >= 11 is 0. The highest BCUT2D eigenvalue weighted by Crippen LogP contribution is 2.34. The fraction of sp³-hybridized carbons (Fsp3) is 0.444. The van der Waals surface area contributed by atoms with Crippen LogP contribution in [0.15, 0.2) is 12.1 Å². The number of aromatic carboxylic acids is 1. The number of aliphatic hydroxyl groups excluding tert-OH is 1. The van der Waals surface area contributed by atoms with Crippen LogP contribution in [0.2, 0.25) is 0 Å². The number of hydrogen-bond donors (Lipinski definition) is 2. The lowest BCUT2D eigenvalue weighted by atomic mass is 9.84. The summed E-state index contributed by atoms with van der Waals surface area (Å²) in [5.74, 6) is -1.14. The Hall–Kier alpha value is -2.14. The van der Waals surface area contributed by atoms with Crippen LogP contribution in [-0.4, -0.2) is 33.1 Å². The van der Waals surface area contributed by atoms with Crippen LogP contribution in [0.3, 0.4) is 0 Å². The number of ketones is 1. The van der Waals surface area contributed by atoms with Gasteiger partial charge in [0, 0.05) is 23.2 Å². The lowest BCUT2D eigenvalue weighted by Crippen LogP contribution is -2.14. The molecule has 2 rings (SSSR count). The van der Waals surface area contributed by atoms with E-state index in [0.717, 1.165) is 5.56 Å². The molecule has 2 aromatic rings. The van der Waals surface area contributed by atoms with E-state index in [1.54, 1.807) is 17.6 Å². The molecular formula is C18H23NO4. The van der Waals surface area contributed by atoms with Crippen LogP contribution in [0, 0.1) is 6.92 Å². The fourth-order valence-corrected chi connectivity index (χ4v) is 3.03. The number of rotatable bonds is 4. The number of nitrogens with zero attached hydrogens (tertiary/aromatic N) is 1. The third-order valence-electron chi connectivity index (χ3n) is 4.19. The monoisotopic (exact) mass is 317 g/mol. The minimum Gasteiger partial charge on any atom is -0.478 e. The molecule has 5 heteroatoms. The summed E-state index contributed by atoms with van der Waals surface area (Å²) in [6, 6.07) is 3.57. The zero-order valence-corrected chi connectivity index (χ0v) is 14.2. The predicted octanol–water partition coefficient (Wildman–Crippen LogP) is 3.14. The summed E-state index contributed by atoms with van der Waals surface area (Å²) in [7, 11) is 0. The van der Waals surface area contributed by atoms with Gasteiger partial charge in [0.15, 0.2) is 5.78 Å². The van der Waals surface area contributed by atoms with Crippen LogP contribution in [0.25, 0.3) is 10.9 Å². The van der Waals surface area contributed by atoms with Gasteiger partial charge in [-0.15, -0.1) is 0 Å². The molecule has 0 aliphatic rings. The number of fused-ring (bicyclic) bond motifs is 1. The average molecular weight is 317 g/mol. The molecule has 124 valence electrons. The first-order valence-electron chi connectivity index (χ1n) is 7.62. The number of hydrogen-bond acceptors (Lipinski definition) is 3. The quantitative estimate of drug-likeness (QED) is 0.849. The van der Waals surface area contributed by atoms with E-state index < -0.39 is 5.97 Å². The molecule has 0 bridgehead atoms. The normalized spacial score (nSPS) is 11.9. The van der Waals surface area contributed by atoms with Crippen LogP contribution in [-0.2, 0) is 12.0 Å². The first kappa shape index (κ1) is 17.2. The average Bonchev–Trinajstić information content (AvgIpc) is 2.69. The molecule has 1 aromatic carbocycles. The molecule has 2 N–H and O–H groups in total. The number of benzene rings is 1. The van der Waals surface area contributed by atoms with Gasteiger partial charge in [0.25, 0.3) is 0 Å². The third-order valence-corrected chi connectivity index (χ3v) is 4.19. The van der Waals surface area contributed by atoms with Gasteiger partial charge in [-0.1, -0.05) is 20.8 Å². The van der Waals surface area contributed by atoms with Gasteiger partial charge in [0.2, 0.25) is 0 Å². The van der Waals surface area contributed by atoms with Gasteiger partial charge in [-0.3, -0.25) is 4.79 Å². The Bertz CT molecular complexity index is 794. The highest BCUT2D eigenvalue weighted by molar-refractivity contribution is 6.13. The summed E-state index contributed by atoms with van der Waals surface area (Å²) < 4.78 is 1.72. The van der Waals surface area contributed by atoms with Gasteiger partial charge in [0.1, 0.15) is 0 Å². The van der Waals surface area contributed by atoms with E-state index in [2.05, 4.69) is 0 Å². The largest absolute Gasteiger partial charge is 0.478 e. The van der Waals surface area contributed by atoms with Crippen LogP contribution in [0.4, 0.5) is 0 Å². The van der Waals surface area contributed by atoms with E-state index >= 15 is 0 Å². The molecule has 0 aliphatic heterocycles. The van der Waals surface area contributed by atoms with E-state index in [1.165, 1.54) is 6.92 Å². The summed E-state index contributed by atoms with van der Waals surface area (Å²) in [5.41, 5.74) is 2.52. The SMILES string of the molecule is CC(=O)c1c(C)n(CCO)c2c(C(=O)O)cc(C(C)(C)C)cc12. The molecular weight excluding hydrogens is 294 g/mol. The molecule has 0 radical (unpaired) electrons.